The molecule has 5 nitrogen and oxygen atoms in total. The number of nitrogens with zero attached hydrogens (tertiary/aromatic N) is 2. The number of ether oxygens (including phenoxy) is 1. The summed E-state index contributed by atoms with van der Waals surface area (Å²) in [5.74, 6) is 1.11. The first kappa shape index (κ1) is 20.9. The standard InChI is InChI=1S/C24H30N2O3/c1-19-9-6-10-20(2)23(19)29-18-7-13-22(27)25-14-8-15-26(17-16-25)24(28)21-11-4-3-5-12-21/h3-6,9-12H,7-8,13-18H2,1-2H3. The van der Waals surface area contributed by atoms with E-state index in [1.54, 1.807) is 0 Å². The average molecular weight is 395 g/mol. The van der Waals surface area contributed by atoms with Crippen LogP contribution in [-0.4, -0.2) is 54.4 Å². The van der Waals surface area contributed by atoms with Gasteiger partial charge in [-0.15, -0.1) is 0 Å². The largest absolute Gasteiger partial charge is 0.493 e. The zero-order chi connectivity index (χ0) is 20.6. The molecule has 2 aromatic carbocycles. The number of hydrogen-bond acceptors (Lipinski definition) is 3. The van der Waals surface area contributed by atoms with E-state index in [0.29, 0.717) is 51.2 Å². The summed E-state index contributed by atoms with van der Waals surface area (Å²) in [5, 5.41) is 0. The maximum absolute atomic E-state index is 12.6. The van der Waals surface area contributed by atoms with Gasteiger partial charge < -0.3 is 14.5 Å². The average Bonchev–Trinajstić information content (AvgIpc) is 2.99. The minimum atomic E-state index is 0.0434. The van der Waals surface area contributed by atoms with Gasteiger partial charge in [-0.2, -0.15) is 0 Å². The quantitative estimate of drug-likeness (QED) is 0.700. The van der Waals surface area contributed by atoms with E-state index in [1.807, 2.05) is 72.2 Å². The van der Waals surface area contributed by atoms with Gasteiger partial charge in [-0.05, 0) is 49.9 Å². The van der Waals surface area contributed by atoms with Gasteiger partial charge >= 0.3 is 0 Å². The van der Waals surface area contributed by atoms with Crippen molar-refractivity contribution in [2.45, 2.75) is 33.1 Å². The molecule has 3 rings (SSSR count). The smallest absolute Gasteiger partial charge is 0.253 e. The first-order chi connectivity index (χ1) is 14.1. The van der Waals surface area contributed by atoms with Crippen LogP contribution in [0.25, 0.3) is 0 Å². The van der Waals surface area contributed by atoms with Crippen molar-refractivity contribution in [3.05, 3.63) is 65.2 Å². The first-order valence-corrected chi connectivity index (χ1v) is 10.4. The molecule has 0 saturated carbocycles. The van der Waals surface area contributed by atoms with Crippen LogP contribution < -0.4 is 4.74 Å². The van der Waals surface area contributed by atoms with Gasteiger partial charge in [-0.3, -0.25) is 9.59 Å². The van der Waals surface area contributed by atoms with Crippen molar-refractivity contribution in [3.63, 3.8) is 0 Å². The van der Waals surface area contributed by atoms with Crippen LogP contribution in [0.15, 0.2) is 48.5 Å². The number of rotatable bonds is 6. The molecule has 29 heavy (non-hydrogen) atoms. The van der Waals surface area contributed by atoms with Crippen LogP contribution in [0, 0.1) is 13.8 Å². The Balaban J connectivity index is 1.44. The summed E-state index contributed by atoms with van der Waals surface area (Å²) >= 11 is 0. The highest BCUT2D eigenvalue weighted by atomic mass is 16.5. The third-order valence-corrected chi connectivity index (χ3v) is 5.35. The molecule has 0 N–H and O–H groups in total. The molecule has 0 atom stereocenters. The lowest BCUT2D eigenvalue weighted by Gasteiger charge is -2.22. The molecule has 0 aliphatic carbocycles. The molecular formula is C24H30N2O3. The Hall–Kier alpha value is -2.82. The SMILES string of the molecule is Cc1cccc(C)c1OCCCC(=O)N1CCCN(C(=O)c2ccccc2)CC1. The van der Waals surface area contributed by atoms with Crippen molar-refractivity contribution >= 4 is 11.8 Å². The second-order valence-electron chi connectivity index (χ2n) is 7.57. The Labute approximate surface area is 173 Å². The number of aryl methyl sites for hydroxylation is 2. The second kappa shape index (κ2) is 10.1. The zero-order valence-corrected chi connectivity index (χ0v) is 17.4. The highest BCUT2D eigenvalue weighted by Crippen LogP contribution is 2.22. The van der Waals surface area contributed by atoms with Gasteiger partial charge in [0, 0.05) is 38.2 Å². The molecule has 1 saturated heterocycles. The lowest BCUT2D eigenvalue weighted by atomic mass is 10.1. The Morgan fingerprint density at radius 2 is 1.52 bits per heavy atom. The molecule has 5 heteroatoms. The number of carbonyl (C=O) groups is 2. The first-order valence-electron chi connectivity index (χ1n) is 10.4. The van der Waals surface area contributed by atoms with Crippen molar-refractivity contribution < 1.29 is 14.3 Å². The maximum Gasteiger partial charge on any atom is 0.253 e. The van der Waals surface area contributed by atoms with Gasteiger partial charge in [0.05, 0.1) is 6.61 Å². The van der Waals surface area contributed by atoms with Crippen LogP contribution in [0.2, 0.25) is 0 Å². The number of benzene rings is 2. The van der Waals surface area contributed by atoms with Crippen LogP contribution in [0.4, 0.5) is 0 Å². The van der Waals surface area contributed by atoms with Crippen LogP contribution >= 0.6 is 0 Å². The van der Waals surface area contributed by atoms with Crippen LogP contribution in [0.3, 0.4) is 0 Å². The summed E-state index contributed by atoms with van der Waals surface area (Å²) in [6.07, 6.45) is 1.97. The highest BCUT2D eigenvalue weighted by Gasteiger charge is 2.22. The Morgan fingerprint density at radius 1 is 0.862 bits per heavy atom. The Bertz CT molecular complexity index is 815. The second-order valence-corrected chi connectivity index (χ2v) is 7.57. The summed E-state index contributed by atoms with van der Waals surface area (Å²) in [6, 6.07) is 15.4. The third-order valence-electron chi connectivity index (χ3n) is 5.35. The molecule has 1 heterocycles. The van der Waals surface area contributed by atoms with Gasteiger partial charge in [-0.25, -0.2) is 0 Å². The lowest BCUT2D eigenvalue weighted by molar-refractivity contribution is -0.131. The van der Waals surface area contributed by atoms with E-state index in [9.17, 15) is 9.59 Å². The summed E-state index contributed by atoms with van der Waals surface area (Å²) in [5.41, 5.74) is 2.94. The molecule has 2 aromatic rings. The summed E-state index contributed by atoms with van der Waals surface area (Å²) in [4.78, 5) is 29.0. The van der Waals surface area contributed by atoms with Gasteiger partial charge in [0.1, 0.15) is 5.75 Å². The van der Waals surface area contributed by atoms with Gasteiger partial charge in [0.25, 0.3) is 5.91 Å². The molecule has 2 amide bonds. The number of carbonyl (C=O) groups excluding carboxylic acids is 2. The summed E-state index contributed by atoms with van der Waals surface area (Å²) in [6.45, 7) is 7.17. The maximum atomic E-state index is 12.6. The van der Waals surface area contributed by atoms with Crippen molar-refractivity contribution in [2.75, 3.05) is 32.8 Å². The van der Waals surface area contributed by atoms with E-state index in [0.717, 1.165) is 23.3 Å². The summed E-state index contributed by atoms with van der Waals surface area (Å²) in [7, 11) is 0. The van der Waals surface area contributed by atoms with Crippen LogP contribution in [0.5, 0.6) is 5.75 Å². The molecule has 0 aromatic heterocycles. The zero-order valence-electron chi connectivity index (χ0n) is 17.4. The highest BCUT2D eigenvalue weighted by molar-refractivity contribution is 5.94. The van der Waals surface area contributed by atoms with E-state index in [4.69, 9.17) is 4.74 Å². The Morgan fingerprint density at radius 3 is 2.24 bits per heavy atom. The van der Waals surface area contributed by atoms with E-state index in [2.05, 4.69) is 0 Å². The predicted molar refractivity (Wildman–Crippen MR) is 114 cm³/mol. The number of hydrogen-bond donors (Lipinski definition) is 0. The van der Waals surface area contributed by atoms with Gasteiger partial charge in [0.15, 0.2) is 0 Å². The monoisotopic (exact) mass is 394 g/mol. The fourth-order valence-corrected chi connectivity index (χ4v) is 3.72. The molecule has 0 bridgehead atoms. The molecular weight excluding hydrogens is 364 g/mol. The number of para-hydroxylation sites is 1. The Kier molecular flexibility index (Phi) is 7.28. The molecule has 0 radical (unpaired) electrons. The normalized spacial score (nSPS) is 14.4. The van der Waals surface area contributed by atoms with Crippen LogP contribution in [-0.2, 0) is 4.79 Å². The molecule has 0 unspecified atom stereocenters. The van der Waals surface area contributed by atoms with Crippen molar-refractivity contribution in [2.24, 2.45) is 0 Å². The molecule has 1 aliphatic rings. The van der Waals surface area contributed by atoms with Gasteiger partial charge in [0.2, 0.25) is 5.91 Å². The fraction of sp³-hybridized carbons (Fsp3) is 0.417. The lowest BCUT2D eigenvalue weighted by Crippen LogP contribution is -2.37. The van der Waals surface area contributed by atoms with Crippen molar-refractivity contribution in [3.8, 4) is 5.75 Å². The van der Waals surface area contributed by atoms with E-state index in [1.165, 1.54) is 0 Å². The topological polar surface area (TPSA) is 49.9 Å². The van der Waals surface area contributed by atoms with Crippen molar-refractivity contribution in [1.29, 1.82) is 0 Å². The molecule has 1 aliphatic heterocycles. The molecule has 154 valence electrons. The molecule has 0 spiro atoms. The minimum absolute atomic E-state index is 0.0434. The van der Waals surface area contributed by atoms with E-state index in [-0.39, 0.29) is 11.8 Å². The van der Waals surface area contributed by atoms with E-state index >= 15 is 0 Å². The predicted octanol–water partition coefficient (Wildman–Crippen LogP) is 3.84. The minimum Gasteiger partial charge on any atom is -0.493 e. The van der Waals surface area contributed by atoms with Crippen molar-refractivity contribution in [1.82, 2.24) is 9.80 Å². The van der Waals surface area contributed by atoms with Gasteiger partial charge in [-0.1, -0.05) is 36.4 Å². The van der Waals surface area contributed by atoms with Crippen LogP contribution in [0.1, 0.15) is 40.7 Å². The molecule has 1 fully saturated rings. The fourth-order valence-electron chi connectivity index (χ4n) is 3.72. The third kappa shape index (κ3) is 5.59. The summed E-state index contributed by atoms with van der Waals surface area (Å²) < 4.78 is 5.90. The van der Waals surface area contributed by atoms with E-state index < -0.39 is 0 Å². The number of amides is 2.